The first-order valence-corrected chi connectivity index (χ1v) is 10.5. The molecule has 13 nitrogen and oxygen atoms in total. The number of nitrogens with two attached hydrogens (primary N) is 1. The van der Waals surface area contributed by atoms with E-state index in [1.807, 2.05) is 0 Å². The van der Waals surface area contributed by atoms with Crippen LogP contribution in [0.4, 0.5) is 5.82 Å². The summed E-state index contributed by atoms with van der Waals surface area (Å²) in [4.78, 5) is 35.7. The van der Waals surface area contributed by atoms with E-state index in [4.69, 9.17) is 31.9 Å². The number of aliphatic hydroxyl groups excluding tert-OH is 1. The highest BCUT2D eigenvalue weighted by molar-refractivity contribution is 6.30. The van der Waals surface area contributed by atoms with Crippen molar-refractivity contribution < 1.29 is 29.3 Å². The number of aliphatic hydroxyl groups is 1. The predicted molar refractivity (Wildman–Crippen MR) is 119 cm³/mol. The van der Waals surface area contributed by atoms with Gasteiger partial charge in [-0.2, -0.15) is 0 Å². The number of rotatable bonds is 8. The highest BCUT2D eigenvalue weighted by Crippen LogP contribution is 2.32. The Balaban J connectivity index is 1.57. The van der Waals surface area contributed by atoms with Crippen LogP contribution < -0.4 is 21.1 Å². The van der Waals surface area contributed by atoms with Crippen LogP contribution in [0.3, 0.4) is 0 Å². The van der Waals surface area contributed by atoms with Crippen LogP contribution in [0.2, 0.25) is 5.02 Å². The summed E-state index contributed by atoms with van der Waals surface area (Å²) in [6.07, 6.45) is -0.465. The summed E-state index contributed by atoms with van der Waals surface area (Å²) in [6, 6.07) is 3.88. The molecule has 4 atom stereocenters. The molecule has 0 bridgehead atoms. The van der Waals surface area contributed by atoms with E-state index in [0.717, 1.165) is 0 Å². The average Bonchev–Trinajstić information content (AvgIpc) is 3.37. The van der Waals surface area contributed by atoms with Crippen LogP contribution >= 0.6 is 11.6 Å². The lowest BCUT2D eigenvalue weighted by atomic mass is 10.1. The second-order valence-electron chi connectivity index (χ2n) is 7.46. The molecule has 4 unspecified atom stereocenters. The zero-order valence-corrected chi connectivity index (χ0v) is 18.6. The molecule has 1 aliphatic heterocycles. The number of halogens is 1. The molecular formula is C20H22ClN7O6. The Bertz CT molecular complexity index is 1220. The zero-order chi connectivity index (χ0) is 24.4. The zero-order valence-electron chi connectivity index (χ0n) is 17.9. The van der Waals surface area contributed by atoms with Crippen LogP contribution in [0.1, 0.15) is 11.8 Å². The van der Waals surface area contributed by atoms with E-state index in [2.05, 4.69) is 25.6 Å². The van der Waals surface area contributed by atoms with Crippen molar-refractivity contribution in [3.8, 4) is 5.75 Å². The average molecular weight is 492 g/mol. The van der Waals surface area contributed by atoms with E-state index in [0.29, 0.717) is 33.3 Å². The topological polar surface area (TPSA) is 187 Å². The first-order chi connectivity index (χ1) is 16.3. The Kier molecular flexibility index (Phi) is 6.79. The Morgan fingerprint density at radius 3 is 2.85 bits per heavy atom. The van der Waals surface area contributed by atoms with E-state index < -0.39 is 43.0 Å². The first-order valence-electron chi connectivity index (χ1n) is 10.1. The molecule has 1 saturated heterocycles. The number of carbonyl (C=O) groups excluding carboxylic acids is 1. The van der Waals surface area contributed by atoms with Crippen LogP contribution in [-0.4, -0.2) is 73.5 Å². The SMILES string of the molecule is CNC(=O)C1OC(n2cnc3c(NCc4cc(Cl)ccc4OCC(=O)O)ncnc32)C(O)C1N. The predicted octanol–water partition coefficient (Wildman–Crippen LogP) is -0.113. The smallest absolute Gasteiger partial charge is 0.341 e. The third-order valence-electron chi connectivity index (χ3n) is 5.28. The number of nitrogens with zero attached hydrogens (tertiary/aromatic N) is 4. The Morgan fingerprint density at radius 1 is 1.32 bits per heavy atom. The van der Waals surface area contributed by atoms with Gasteiger partial charge in [-0.15, -0.1) is 0 Å². The van der Waals surface area contributed by atoms with Crippen molar-refractivity contribution in [3.05, 3.63) is 41.4 Å². The molecule has 0 saturated carbocycles. The fourth-order valence-electron chi connectivity index (χ4n) is 3.61. The standard InChI is InChI=1S/C20H22ClN7O6/c1-23-19(32)16-13(22)15(31)20(34-16)28-8-27-14-17(25-7-26-18(14)28)24-5-9-4-10(21)2-3-11(9)33-6-12(29)30/h2-4,7-8,13,15-16,20,31H,5-6,22H2,1H3,(H,23,32)(H,29,30)(H,24,25,26). The third-order valence-corrected chi connectivity index (χ3v) is 5.51. The van der Waals surface area contributed by atoms with Crippen molar-refractivity contribution in [2.24, 2.45) is 5.73 Å². The van der Waals surface area contributed by atoms with Gasteiger partial charge in [0.2, 0.25) is 0 Å². The number of aliphatic carboxylic acids is 1. The van der Waals surface area contributed by atoms with Crippen LogP contribution in [0.5, 0.6) is 5.75 Å². The molecule has 1 aliphatic rings. The number of carboxylic acids is 1. The molecular weight excluding hydrogens is 470 g/mol. The maximum atomic E-state index is 12.0. The Hall–Kier alpha value is -3.52. The van der Waals surface area contributed by atoms with Crippen LogP contribution in [-0.2, 0) is 20.9 Å². The summed E-state index contributed by atoms with van der Waals surface area (Å²) in [5, 5.41) is 25.5. The molecule has 0 spiro atoms. The Morgan fingerprint density at radius 2 is 2.12 bits per heavy atom. The number of amides is 1. The number of nitrogens with one attached hydrogen (secondary N) is 2. The number of ether oxygens (including phenoxy) is 2. The minimum absolute atomic E-state index is 0.195. The molecule has 1 fully saturated rings. The number of anilines is 1. The van der Waals surface area contributed by atoms with Gasteiger partial charge in [-0.25, -0.2) is 19.7 Å². The number of hydrogen-bond donors (Lipinski definition) is 5. The highest BCUT2D eigenvalue weighted by atomic mass is 35.5. The van der Waals surface area contributed by atoms with E-state index >= 15 is 0 Å². The van der Waals surface area contributed by atoms with E-state index in [1.165, 1.54) is 24.3 Å². The number of carboxylic acid groups (broad SMARTS) is 1. The van der Waals surface area contributed by atoms with Crippen molar-refractivity contribution in [2.45, 2.75) is 31.0 Å². The van der Waals surface area contributed by atoms with Crippen LogP contribution in [0.25, 0.3) is 11.2 Å². The summed E-state index contributed by atoms with van der Waals surface area (Å²) < 4.78 is 12.5. The summed E-state index contributed by atoms with van der Waals surface area (Å²) in [7, 11) is 1.45. The van der Waals surface area contributed by atoms with Gasteiger partial charge in [0.15, 0.2) is 35.9 Å². The highest BCUT2D eigenvalue weighted by Gasteiger charge is 2.46. The lowest BCUT2D eigenvalue weighted by Gasteiger charge is -2.16. The van der Waals surface area contributed by atoms with Crippen molar-refractivity contribution in [2.75, 3.05) is 19.0 Å². The first kappa shape index (κ1) is 23.6. The van der Waals surface area contributed by atoms with Gasteiger partial charge in [0.25, 0.3) is 5.91 Å². The second kappa shape index (κ2) is 9.77. The molecule has 3 heterocycles. The molecule has 2 aromatic heterocycles. The van der Waals surface area contributed by atoms with Gasteiger partial charge < -0.3 is 36.1 Å². The lowest BCUT2D eigenvalue weighted by molar-refractivity contribution is -0.139. The maximum absolute atomic E-state index is 12.0. The molecule has 0 aliphatic carbocycles. The molecule has 4 rings (SSSR count). The monoisotopic (exact) mass is 491 g/mol. The van der Waals surface area contributed by atoms with E-state index in [-0.39, 0.29) is 6.54 Å². The summed E-state index contributed by atoms with van der Waals surface area (Å²) >= 11 is 6.09. The number of fused-ring (bicyclic) bond motifs is 1. The number of imidazole rings is 1. The maximum Gasteiger partial charge on any atom is 0.341 e. The largest absolute Gasteiger partial charge is 0.482 e. The van der Waals surface area contributed by atoms with E-state index in [1.54, 1.807) is 18.2 Å². The van der Waals surface area contributed by atoms with E-state index in [9.17, 15) is 14.7 Å². The summed E-state index contributed by atoms with van der Waals surface area (Å²) in [5.41, 5.74) is 7.31. The number of benzene rings is 1. The van der Waals surface area contributed by atoms with Crippen molar-refractivity contribution in [1.82, 2.24) is 24.8 Å². The van der Waals surface area contributed by atoms with Gasteiger partial charge in [0.1, 0.15) is 18.2 Å². The summed E-state index contributed by atoms with van der Waals surface area (Å²) in [5.74, 6) is -0.830. The van der Waals surface area contributed by atoms with Gasteiger partial charge in [-0.05, 0) is 18.2 Å². The van der Waals surface area contributed by atoms with Crippen molar-refractivity contribution >= 4 is 40.5 Å². The van der Waals surface area contributed by atoms with Crippen molar-refractivity contribution in [1.29, 1.82) is 0 Å². The van der Waals surface area contributed by atoms with Gasteiger partial charge in [0, 0.05) is 24.2 Å². The fourth-order valence-corrected chi connectivity index (χ4v) is 3.81. The molecule has 180 valence electrons. The van der Waals surface area contributed by atoms with Gasteiger partial charge in [-0.3, -0.25) is 9.36 Å². The third kappa shape index (κ3) is 4.59. The Labute approximate surface area is 197 Å². The minimum atomic E-state index is -1.17. The van der Waals surface area contributed by atoms with Gasteiger partial charge >= 0.3 is 5.97 Å². The lowest BCUT2D eigenvalue weighted by Crippen LogP contribution is -2.46. The minimum Gasteiger partial charge on any atom is -0.482 e. The number of carbonyl (C=O) groups is 2. The molecule has 6 N–H and O–H groups in total. The number of likely N-dealkylation sites (N-methyl/N-ethyl adjacent to an activating group) is 1. The quantitative estimate of drug-likeness (QED) is 0.283. The summed E-state index contributed by atoms with van der Waals surface area (Å²) in [6.45, 7) is -0.305. The molecule has 1 aromatic carbocycles. The normalized spacial score (nSPS) is 22.0. The molecule has 14 heteroatoms. The second-order valence-corrected chi connectivity index (χ2v) is 7.90. The number of aromatic nitrogens is 4. The molecule has 34 heavy (non-hydrogen) atoms. The molecule has 3 aromatic rings. The molecule has 1 amide bonds. The van der Waals surface area contributed by atoms with Gasteiger partial charge in [-0.1, -0.05) is 11.6 Å². The van der Waals surface area contributed by atoms with Crippen LogP contribution in [0.15, 0.2) is 30.9 Å². The van der Waals surface area contributed by atoms with Crippen molar-refractivity contribution in [3.63, 3.8) is 0 Å². The van der Waals surface area contributed by atoms with Gasteiger partial charge in [0.05, 0.1) is 12.4 Å². The fraction of sp³-hybridized carbons (Fsp3) is 0.350. The molecule has 0 radical (unpaired) electrons. The van der Waals surface area contributed by atoms with Crippen LogP contribution in [0, 0.1) is 0 Å². The number of hydrogen-bond acceptors (Lipinski definition) is 10.